The maximum absolute atomic E-state index is 11.7. The van der Waals surface area contributed by atoms with Crippen LogP contribution in [-0.2, 0) is 4.79 Å². The van der Waals surface area contributed by atoms with Gasteiger partial charge in [-0.25, -0.2) is 0 Å². The average molecular weight is 201 g/mol. The van der Waals surface area contributed by atoms with E-state index in [9.17, 15) is 4.79 Å². The summed E-state index contributed by atoms with van der Waals surface area (Å²) in [4.78, 5) is 13.7. The van der Waals surface area contributed by atoms with Crippen molar-refractivity contribution in [3.05, 3.63) is 0 Å². The van der Waals surface area contributed by atoms with Crippen LogP contribution >= 0.6 is 12.6 Å². The predicted molar refractivity (Wildman–Crippen MR) is 58.1 cm³/mol. The Labute approximate surface area is 86.1 Å². The zero-order valence-electron chi connectivity index (χ0n) is 8.49. The van der Waals surface area contributed by atoms with E-state index in [0.717, 1.165) is 6.54 Å². The van der Waals surface area contributed by atoms with E-state index in [-0.39, 0.29) is 11.2 Å². The van der Waals surface area contributed by atoms with Crippen molar-refractivity contribution in [2.24, 2.45) is 0 Å². The van der Waals surface area contributed by atoms with Crippen molar-refractivity contribution in [2.75, 3.05) is 6.54 Å². The summed E-state index contributed by atoms with van der Waals surface area (Å²) in [5.74, 6) is 0.192. The maximum atomic E-state index is 11.7. The van der Waals surface area contributed by atoms with E-state index in [1.807, 2.05) is 18.7 Å². The van der Waals surface area contributed by atoms with E-state index in [1.165, 1.54) is 25.7 Å². The molecule has 1 aliphatic rings. The predicted octanol–water partition coefficient (Wildman–Crippen LogP) is 2.10. The first-order valence-corrected chi connectivity index (χ1v) is 5.67. The van der Waals surface area contributed by atoms with E-state index in [0.29, 0.717) is 6.04 Å². The molecule has 0 aromatic heterocycles. The summed E-state index contributed by atoms with van der Waals surface area (Å²) in [6.07, 6.45) is 4.91. The summed E-state index contributed by atoms with van der Waals surface area (Å²) >= 11 is 4.19. The molecule has 0 saturated heterocycles. The molecular weight excluding hydrogens is 182 g/mol. The third-order valence-electron chi connectivity index (χ3n) is 2.75. The van der Waals surface area contributed by atoms with Crippen molar-refractivity contribution in [1.29, 1.82) is 0 Å². The fourth-order valence-electron chi connectivity index (χ4n) is 2.05. The van der Waals surface area contributed by atoms with E-state index < -0.39 is 0 Å². The van der Waals surface area contributed by atoms with Gasteiger partial charge in [0.05, 0.1) is 5.25 Å². The van der Waals surface area contributed by atoms with Gasteiger partial charge < -0.3 is 4.90 Å². The molecule has 0 aromatic carbocycles. The Balaban J connectivity index is 2.55. The van der Waals surface area contributed by atoms with Gasteiger partial charge in [-0.3, -0.25) is 4.79 Å². The lowest BCUT2D eigenvalue weighted by Gasteiger charge is -2.28. The normalized spacial score (nSPS) is 20.2. The molecule has 0 heterocycles. The summed E-state index contributed by atoms with van der Waals surface area (Å²) in [6.45, 7) is 4.73. The smallest absolute Gasteiger partial charge is 0.235 e. The first-order chi connectivity index (χ1) is 6.16. The quantitative estimate of drug-likeness (QED) is 0.693. The lowest BCUT2D eigenvalue weighted by atomic mass is 10.2. The van der Waals surface area contributed by atoms with Crippen molar-refractivity contribution in [2.45, 2.75) is 50.8 Å². The second-order valence-corrected chi connectivity index (χ2v) is 4.51. The molecule has 0 spiro atoms. The Morgan fingerprint density at radius 3 is 2.46 bits per heavy atom. The second-order valence-electron chi connectivity index (χ2n) is 3.74. The van der Waals surface area contributed by atoms with Gasteiger partial charge in [-0.15, -0.1) is 0 Å². The van der Waals surface area contributed by atoms with Crippen LogP contribution in [0.5, 0.6) is 0 Å². The Bertz CT molecular complexity index is 176. The highest BCUT2D eigenvalue weighted by atomic mass is 32.1. The molecule has 2 nitrogen and oxygen atoms in total. The molecule has 0 bridgehead atoms. The molecule has 1 fully saturated rings. The highest BCUT2D eigenvalue weighted by Crippen LogP contribution is 2.24. The number of hydrogen-bond acceptors (Lipinski definition) is 2. The lowest BCUT2D eigenvalue weighted by molar-refractivity contribution is -0.132. The van der Waals surface area contributed by atoms with Crippen molar-refractivity contribution in [1.82, 2.24) is 4.90 Å². The van der Waals surface area contributed by atoms with Gasteiger partial charge in [0.1, 0.15) is 0 Å². The Morgan fingerprint density at radius 1 is 1.54 bits per heavy atom. The minimum Gasteiger partial charge on any atom is -0.339 e. The van der Waals surface area contributed by atoms with Gasteiger partial charge in [-0.1, -0.05) is 12.8 Å². The number of nitrogens with zero attached hydrogens (tertiary/aromatic N) is 1. The van der Waals surface area contributed by atoms with Crippen molar-refractivity contribution >= 4 is 18.5 Å². The minimum absolute atomic E-state index is 0.152. The van der Waals surface area contributed by atoms with Crippen LogP contribution in [0.4, 0.5) is 0 Å². The molecule has 1 aliphatic carbocycles. The molecule has 0 aromatic rings. The van der Waals surface area contributed by atoms with Crippen LogP contribution < -0.4 is 0 Å². The number of carbonyl (C=O) groups excluding carboxylic acids is 1. The first kappa shape index (κ1) is 10.9. The van der Waals surface area contributed by atoms with Gasteiger partial charge in [0, 0.05) is 12.6 Å². The largest absolute Gasteiger partial charge is 0.339 e. The number of rotatable bonds is 3. The molecule has 1 amide bonds. The van der Waals surface area contributed by atoms with Gasteiger partial charge in [0.15, 0.2) is 0 Å². The molecule has 1 atom stereocenters. The highest BCUT2D eigenvalue weighted by Gasteiger charge is 2.26. The van der Waals surface area contributed by atoms with Crippen molar-refractivity contribution in [3.8, 4) is 0 Å². The van der Waals surface area contributed by atoms with Crippen LogP contribution in [0.2, 0.25) is 0 Å². The average Bonchev–Trinajstić information content (AvgIpc) is 2.58. The number of amides is 1. The molecule has 1 unspecified atom stereocenters. The maximum Gasteiger partial charge on any atom is 0.235 e. The number of thiol groups is 1. The fraction of sp³-hybridized carbons (Fsp3) is 0.900. The molecule has 0 N–H and O–H groups in total. The Morgan fingerprint density at radius 2 is 2.08 bits per heavy atom. The van der Waals surface area contributed by atoms with E-state index in [1.54, 1.807) is 0 Å². The van der Waals surface area contributed by atoms with E-state index >= 15 is 0 Å². The lowest BCUT2D eigenvalue weighted by Crippen LogP contribution is -2.42. The third kappa shape index (κ3) is 2.63. The summed E-state index contributed by atoms with van der Waals surface area (Å²) in [5.41, 5.74) is 0. The standard InChI is InChI=1S/C10H19NOS/c1-3-11(10(12)8(2)13)9-6-4-5-7-9/h8-9,13H,3-7H2,1-2H3. The Kier molecular flexibility index (Phi) is 4.10. The first-order valence-electron chi connectivity index (χ1n) is 5.15. The number of hydrogen-bond donors (Lipinski definition) is 1. The summed E-state index contributed by atoms with van der Waals surface area (Å²) in [7, 11) is 0. The fourth-order valence-corrected chi connectivity index (χ4v) is 2.20. The van der Waals surface area contributed by atoms with Gasteiger partial charge in [-0.2, -0.15) is 12.6 Å². The van der Waals surface area contributed by atoms with Crippen LogP contribution in [0.25, 0.3) is 0 Å². The number of carbonyl (C=O) groups is 1. The molecule has 13 heavy (non-hydrogen) atoms. The van der Waals surface area contributed by atoms with Crippen LogP contribution in [0, 0.1) is 0 Å². The summed E-state index contributed by atoms with van der Waals surface area (Å²) < 4.78 is 0. The molecule has 3 heteroatoms. The minimum atomic E-state index is -0.152. The van der Waals surface area contributed by atoms with Crippen LogP contribution in [0.1, 0.15) is 39.5 Å². The molecule has 76 valence electrons. The zero-order chi connectivity index (χ0) is 9.84. The molecule has 1 saturated carbocycles. The molecule has 0 aliphatic heterocycles. The molecule has 1 rings (SSSR count). The monoisotopic (exact) mass is 201 g/mol. The van der Waals surface area contributed by atoms with Gasteiger partial charge in [-0.05, 0) is 26.7 Å². The molecule has 0 radical (unpaired) electrons. The van der Waals surface area contributed by atoms with Crippen molar-refractivity contribution < 1.29 is 4.79 Å². The van der Waals surface area contributed by atoms with Crippen molar-refractivity contribution in [3.63, 3.8) is 0 Å². The van der Waals surface area contributed by atoms with Crippen LogP contribution in [0.3, 0.4) is 0 Å². The SMILES string of the molecule is CCN(C(=O)C(C)S)C1CCCC1. The van der Waals surface area contributed by atoms with Gasteiger partial charge >= 0.3 is 0 Å². The highest BCUT2D eigenvalue weighted by molar-refractivity contribution is 7.81. The van der Waals surface area contributed by atoms with Gasteiger partial charge in [0.2, 0.25) is 5.91 Å². The third-order valence-corrected chi connectivity index (χ3v) is 2.97. The summed E-state index contributed by atoms with van der Waals surface area (Å²) in [5, 5.41) is -0.152. The second kappa shape index (κ2) is 4.89. The van der Waals surface area contributed by atoms with Gasteiger partial charge in [0.25, 0.3) is 0 Å². The molecular formula is C10H19NOS. The summed E-state index contributed by atoms with van der Waals surface area (Å²) in [6, 6.07) is 0.493. The van der Waals surface area contributed by atoms with Crippen LogP contribution in [-0.4, -0.2) is 28.6 Å². The van der Waals surface area contributed by atoms with Crippen LogP contribution in [0.15, 0.2) is 0 Å². The zero-order valence-corrected chi connectivity index (χ0v) is 9.39. The van der Waals surface area contributed by atoms with E-state index in [2.05, 4.69) is 12.6 Å². The Hall–Kier alpha value is -0.180. The van der Waals surface area contributed by atoms with E-state index in [4.69, 9.17) is 0 Å². The topological polar surface area (TPSA) is 20.3 Å².